The van der Waals surface area contributed by atoms with Gasteiger partial charge < -0.3 is 14.2 Å². The molecule has 0 aliphatic heterocycles. The molecule has 0 saturated heterocycles. The molecule has 0 heterocycles. The molecule has 0 aromatic carbocycles. The number of ether oxygens (including phenoxy) is 3. The summed E-state index contributed by atoms with van der Waals surface area (Å²) >= 11 is 0. The molecule has 0 saturated carbocycles. The molecule has 0 amide bonds. The Balaban J connectivity index is 5.31. The van der Waals surface area contributed by atoms with Gasteiger partial charge in [0.25, 0.3) is 0 Å². The highest BCUT2D eigenvalue weighted by Gasteiger charge is 2.27. The maximum absolute atomic E-state index is 13.6. The SMILES string of the molecule is CC/C=C\C/C=C\C/C=C\C/C=C\C/C=C\CCC(CC)C(=O)OCC(COC(=O)C(CC)CC/C=C\C/C=C\C/C=C\C/C=C\C/C=C\CC)OC(=O)C(CC)CC/C=C\C/C=C\C/C=C\C/C=C\C/C=C\CC. The summed E-state index contributed by atoms with van der Waals surface area (Å²) in [7, 11) is 0. The van der Waals surface area contributed by atoms with Gasteiger partial charge in [0.05, 0.1) is 17.8 Å². The Morgan fingerprint density at radius 3 is 0.693 bits per heavy atom. The smallest absolute Gasteiger partial charge is 0.309 e. The van der Waals surface area contributed by atoms with Gasteiger partial charge >= 0.3 is 17.9 Å². The fraction of sp³-hybridized carbons (Fsp3) is 0.522. The van der Waals surface area contributed by atoms with Crippen molar-refractivity contribution >= 4 is 17.9 Å². The summed E-state index contributed by atoms with van der Waals surface area (Å²) in [5, 5.41) is 0. The van der Waals surface area contributed by atoms with Gasteiger partial charge in [-0.2, -0.15) is 0 Å². The molecule has 416 valence electrons. The van der Waals surface area contributed by atoms with Crippen LogP contribution in [0.5, 0.6) is 0 Å². The van der Waals surface area contributed by atoms with Gasteiger partial charge in [-0.15, -0.1) is 0 Å². The largest absolute Gasteiger partial charge is 0.461 e. The van der Waals surface area contributed by atoms with E-state index in [2.05, 4.69) is 203 Å². The molecule has 0 aromatic heterocycles. The Morgan fingerprint density at radius 2 is 0.480 bits per heavy atom. The second-order valence-electron chi connectivity index (χ2n) is 18.5. The molecule has 0 aromatic rings. The summed E-state index contributed by atoms with van der Waals surface area (Å²) in [6.45, 7) is 12.0. The van der Waals surface area contributed by atoms with E-state index in [9.17, 15) is 14.4 Å². The highest BCUT2D eigenvalue weighted by molar-refractivity contribution is 5.74. The second kappa shape index (κ2) is 56.2. The van der Waals surface area contributed by atoms with Crippen molar-refractivity contribution in [3.05, 3.63) is 182 Å². The first-order valence-corrected chi connectivity index (χ1v) is 29.2. The van der Waals surface area contributed by atoms with Crippen LogP contribution in [0.15, 0.2) is 182 Å². The molecule has 0 radical (unpaired) electrons. The Kier molecular flexibility index (Phi) is 52.1. The zero-order chi connectivity index (χ0) is 54.8. The van der Waals surface area contributed by atoms with Crippen molar-refractivity contribution in [3.63, 3.8) is 0 Å². The van der Waals surface area contributed by atoms with E-state index in [1.807, 2.05) is 20.8 Å². The number of carbonyl (C=O) groups excluding carboxylic acids is 3. The van der Waals surface area contributed by atoms with Crippen molar-refractivity contribution in [1.82, 2.24) is 0 Å². The van der Waals surface area contributed by atoms with Crippen LogP contribution in [0.1, 0.15) is 196 Å². The molecule has 0 fully saturated rings. The third kappa shape index (κ3) is 46.8. The van der Waals surface area contributed by atoms with Crippen molar-refractivity contribution < 1.29 is 28.6 Å². The van der Waals surface area contributed by atoms with Gasteiger partial charge in [-0.25, -0.2) is 0 Å². The normalized spacial score (nSPS) is 14.8. The van der Waals surface area contributed by atoms with E-state index in [1.165, 1.54) is 0 Å². The van der Waals surface area contributed by atoms with E-state index in [0.29, 0.717) is 38.5 Å². The lowest BCUT2D eigenvalue weighted by molar-refractivity contribution is -0.172. The summed E-state index contributed by atoms with van der Waals surface area (Å²) in [5.41, 5.74) is 0. The van der Waals surface area contributed by atoms with Crippen LogP contribution in [-0.2, 0) is 28.6 Å². The summed E-state index contributed by atoms with van der Waals surface area (Å²) in [5.74, 6) is -1.94. The van der Waals surface area contributed by atoms with Gasteiger partial charge in [-0.3, -0.25) is 14.4 Å². The standard InChI is InChI=1S/C69H104O6/c1-7-13-16-19-22-25-28-31-34-37-40-43-46-49-52-55-58-63(10-4)67(70)73-61-66(75-69(72)65(12-6)60-57-54-51-48-45-42-39-36-33-30-27-24-21-18-15-9-3)62-74-68(71)64(11-5)59-56-53-50-47-44-41-38-35-32-29-26-23-20-17-14-8-2/h13-18,22-27,31-36,40-45,49-54,63-66H,7-12,19-21,28-30,37-39,46-48,55-62H2,1-6H3/b16-13-,17-14-,18-15-,25-22-,26-23-,27-24-,34-31-,35-32-,36-33-,43-40-,44-41-,45-42-,52-49-,53-50-,54-51-. The number of esters is 3. The second-order valence-corrected chi connectivity index (χ2v) is 18.5. The molecule has 6 heteroatoms. The first-order valence-electron chi connectivity index (χ1n) is 29.2. The molecule has 0 spiro atoms. The van der Waals surface area contributed by atoms with Gasteiger partial charge in [-0.1, -0.05) is 224 Å². The molecular weight excluding hydrogens is 925 g/mol. The van der Waals surface area contributed by atoms with Crippen molar-refractivity contribution in [2.45, 2.75) is 202 Å². The minimum absolute atomic E-state index is 0.169. The van der Waals surface area contributed by atoms with Crippen LogP contribution >= 0.6 is 0 Å². The highest BCUT2D eigenvalue weighted by Crippen LogP contribution is 2.19. The molecule has 0 aliphatic rings. The van der Waals surface area contributed by atoms with Crippen molar-refractivity contribution in [2.24, 2.45) is 17.8 Å². The van der Waals surface area contributed by atoms with Crippen molar-refractivity contribution in [1.29, 1.82) is 0 Å². The molecule has 0 rings (SSSR count). The van der Waals surface area contributed by atoms with Crippen LogP contribution < -0.4 is 0 Å². The predicted octanol–water partition coefficient (Wildman–Crippen LogP) is 19.7. The zero-order valence-corrected chi connectivity index (χ0v) is 48.0. The minimum Gasteiger partial charge on any atom is -0.461 e. The minimum atomic E-state index is -0.903. The zero-order valence-electron chi connectivity index (χ0n) is 48.0. The van der Waals surface area contributed by atoms with E-state index in [-0.39, 0.29) is 48.9 Å². The fourth-order valence-electron chi connectivity index (χ4n) is 7.43. The highest BCUT2D eigenvalue weighted by atomic mass is 16.6. The lowest BCUT2D eigenvalue weighted by Gasteiger charge is -2.23. The quantitative estimate of drug-likeness (QED) is 0.0343. The molecule has 6 nitrogen and oxygen atoms in total. The van der Waals surface area contributed by atoms with E-state index in [4.69, 9.17) is 14.2 Å². The molecule has 3 unspecified atom stereocenters. The van der Waals surface area contributed by atoms with Gasteiger partial charge in [0.2, 0.25) is 0 Å². The molecule has 75 heavy (non-hydrogen) atoms. The van der Waals surface area contributed by atoms with E-state index in [0.717, 1.165) is 116 Å². The Bertz CT molecular complexity index is 1760. The number of allylic oxidation sites excluding steroid dienone is 30. The molecule has 0 aliphatic carbocycles. The third-order valence-electron chi connectivity index (χ3n) is 12.1. The lowest BCUT2D eigenvalue weighted by Crippen LogP contribution is -2.34. The summed E-state index contributed by atoms with van der Waals surface area (Å²) in [6, 6.07) is 0. The van der Waals surface area contributed by atoms with Crippen LogP contribution in [0.3, 0.4) is 0 Å². The van der Waals surface area contributed by atoms with E-state index >= 15 is 0 Å². The number of carbonyl (C=O) groups is 3. The molecule has 0 N–H and O–H groups in total. The van der Waals surface area contributed by atoms with Crippen molar-refractivity contribution in [2.75, 3.05) is 13.2 Å². The van der Waals surface area contributed by atoms with Gasteiger partial charge in [-0.05, 0) is 154 Å². The Morgan fingerprint density at radius 1 is 0.280 bits per heavy atom. The van der Waals surface area contributed by atoms with Crippen LogP contribution in [-0.4, -0.2) is 37.2 Å². The van der Waals surface area contributed by atoms with Crippen LogP contribution in [0, 0.1) is 17.8 Å². The Hall–Kier alpha value is -5.49. The predicted molar refractivity (Wildman–Crippen MR) is 324 cm³/mol. The van der Waals surface area contributed by atoms with Gasteiger partial charge in [0.15, 0.2) is 6.10 Å². The average Bonchev–Trinajstić information content (AvgIpc) is 3.41. The maximum atomic E-state index is 13.6. The monoisotopic (exact) mass is 1030 g/mol. The van der Waals surface area contributed by atoms with Crippen LogP contribution in [0.4, 0.5) is 0 Å². The van der Waals surface area contributed by atoms with E-state index in [1.54, 1.807) is 0 Å². The Labute approximate surface area is 459 Å². The maximum Gasteiger partial charge on any atom is 0.309 e. The number of rotatable bonds is 47. The van der Waals surface area contributed by atoms with Crippen LogP contribution in [0.25, 0.3) is 0 Å². The van der Waals surface area contributed by atoms with Gasteiger partial charge in [0.1, 0.15) is 13.2 Å². The molecular formula is C69H104O6. The molecule has 0 bridgehead atoms. The van der Waals surface area contributed by atoms with Crippen molar-refractivity contribution in [3.8, 4) is 0 Å². The first-order chi connectivity index (χ1) is 36.9. The fourth-order valence-corrected chi connectivity index (χ4v) is 7.43. The summed E-state index contributed by atoms with van der Waals surface area (Å²) in [6.07, 6.45) is 84.7. The van der Waals surface area contributed by atoms with Crippen LogP contribution in [0.2, 0.25) is 0 Å². The van der Waals surface area contributed by atoms with E-state index < -0.39 is 6.10 Å². The lowest BCUT2D eigenvalue weighted by atomic mass is 10.00. The third-order valence-corrected chi connectivity index (χ3v) is 12.1. The summed E-state index contributed by atoms with van der Waals surface area (Å²) < 4.78 is 17.6. The first kappa shape index (κ1) is 69.5. The van der Waals surface area contributed by atoms with Gasteiger partial charge in [0, 0.05) is 0 Å². The molecule has 3 atom stereocenters. The average molecular weight is 1030 g/mol. The number of hydrogen-bond donors (Lipinski definition) is 0. The number of hydrogen-bond acceptors (Lipinski definition) is 6. The summed E-state index contributed by atoms with van der Waals surface area (Å²) in [4.78, 5) is 40.4. The topological polar surface area (TPSA) is 78.9 Å².